The van der Waals surface area contributed by atoms with E-state index in [1.165, 1.54) is 7.11 Å². The molecule has 0 bridgehead atoms. The quantitative estimate of drug-likeness (QED) is 0.0699. The molecule has 3 heterocycles. The van der Waals surface area contributed by atoms with Gasteiger partial charge in [0.25, 0.3) is 0 Å². The minimum Gasteiger partial charge on any atom is -0.487 e. The van der Waals surface area contributed by atoms with Crippen molar-refractivity contribution in [2.45, 2.75) is 89.7 Å². The van der Waals surface area contributed by atoms with Crippen molar-refractivity contribution in [2.24, 2.45) is 22.9 Å². The Balaban J connectivity index is 1.41. The number of hydrogen-bond donors (Lipinski definition) is 2. The molecular formula is C46H57N3O10. The molecule has 0 unspecified atom stereocenters. The molecule has 1 saturated carbocycles. The molecule has 2 aliphatic carbocycles. The zero-order valence-corrected chi connectivity index (χ0v) is 34.3. The summed E-state index contributed by atoms with van der Waals surface area (Å²) in [6, 6.07) is 16.7. The Hall–Kier alpha value is -5.11. The van der Waals surface area contributed by atoms with Gasteiger partial charge in [0.1, 0.15) is 30.8 Å². The third-order valence-corrected chi connectivity index (χ3v) is 11.9. The Labute approximate surface area is 346 Å². The van der Waals surface area contributed by atoms with E-state index in [1.807, 2.05) is 62.4 Å². The summed E-state index contributed by atoms with van der Waals surface area (Å²) in [5.41, 5.74) is 5.15. The van der Waals surface area contributed by atoms with Gasteiger partial charge in [0.15, 0.2) is 11.5 Å². The van der Waals surface area contributed by atoms with E-state index in [4.69, 9.17) is 38.4 Å². The molecule has 13 nitrogen and oxygen atoms in total. The molecule has 2 aliphatic heterocycles. The van der Waals surface area contributed by atoms with Gasteiger partial charge in [-0.15, -0.1) is 6.58 Å². The average Bonchev–Trinajstić information content (AvgIpc) is 3.72. The molecule has 1 aromatic heterocycles. The predicted molar refractivity (Wildman–Crippen MR) is 220 cm³/mol. The van der Waals surface area contributed by atoms with Gasteiger partial charge in [0, 0.05) is 43.4 Å². The lowest BCUT2D eigenvalue weighted by atomic mass is 9.55. The maximum atomic E-state index is 14.2. The second kappa shape index (κ2) is 19.3. The number of hydrogen-bond acceptors (Lipinski definition) is 12. The number of oxime groups is 1. The highest BCUT2D eigenvalue weighted by Gasteiger charge is 2.65. The lowest BCUT2D eigenvalue weighted by molar-refractivity contribution is -0.256. The SMILES string of the molecule is C=CCO[C@@]12Oc3ccc(OCc4cccc(C)n4)cc3[C@H]3[C@H](CCCCO)[C@@H](CCCCO)C=C(C(=NOCC)C[C@@H]1N(Cc1ccc4c(c1)OCO4)C(=O)OC)[C@H]32. The van der Waals surface area contributed by atoms with E-state index in [0.29, 0.717) is 48.2 Å². The number of rotatable bonds is 19. The second-order valence-electron chi connectivity index (χ2n) is 15.5. The van der Waals surface area contributed by atoms with E-state index in [2.05, 4.69) is 23.7 Å². The van der Waals surface area contributed by atoms with Crippen molar-refractivity contribution in [2.75, 3.05) is 40.3 Å². The first kappa shape index (κ1) is 42.0. The summed E-state index contributed by atoms with van der Waals surface area (Å²) in [5.74, 6) is 0.571. The maximum absolute atomic E-state index is 14.2. The topological polar surface area (TPSA) is 151 Å². The van der Waals surface area contributed by atoms with Crippen LogP contribution in [0.25, 0.3) is 0 Å². The highest BCUT2D eigenvalue weighted by molar-refractivity contribution is 6.03. The van der Waals surface area contributed by atoms with E-state index < -0.39 is 23.8 Å². The smallest absolute Gasteiger partial charge is 0.410 e. The van der Waals surface area contributed by atoms with Crippen molar-refractivity contribution in [1.29, 1.82) is 0 Å². The molecule has 4 aliphatic rings. The number of aliphatic hydroxyl groups is 2. The van der Waals surface area contributed by atoms with Gasteiger partial charge in [0.2, 0.25) is 12.6 Å². The zero-order valence-electron chi connectivity index (χ0n) is 34.3. The molecule has 2 aromatic carbocycles. The fraction of sp³-hybridized carbons (Fsp3) is 0.500. The van der Waals surface area contributed by atoms with Crippen molar-refractivity contribution in [3.05, 3.63) is 101 Å². The molecule has 0 spiro atoms. The molecule has 3 aromatic rings. The van der Waals surface area contributed by atoms with Gasteiger partial charge in [0.05, 0.1) is 31.0 Å². The van der Waals surface area contributed by atoms with Gasteiger partial charge in [-0.1, -0.05) is 42.3 Å². The fourth-order valence-corrected chi connectivity index (χ4v) is 9.37. The highest BCUT2D eigenvalue weighted by atomic mass is 16.7. The van der Waals surface area contributed by atoms with Crippen molar-refractivity contribution in [3.63, 3.8) is 0 Å². The van der Waals surface area contributed by atoms with E-state index in [1.54, 1.807) is 11.0 Å². The number of aromatic nitrogens is 1. The first-order chi connectivity index (χ1) is 28.8. The number of methoxy groups -OCH3 is 1. The maximum Gasteiger partial charge on any atom is 0.410 e. The minimum atomic E-state index is -1.44. The van der Waals surface area contributed by atoms with E-state index in [-0.39, 0.29) is 63.9 Å². The van der Waals surface area contributed by atoms with Crippen LogP contribution in [0, 0.1) is 24.7 Å². The van der Waals surface area contributed by atoms with Crippen molar-refractivity contribution in [3.8, 4) is 23.0 Å². The number of pyridine rings is 1. The molecule has 316 valence electrons. The lowest BCUT2D eigenvalue weighted by Gasteiger charge is -2.59. The number of aryl methyl sites for hydroxylation is 1. The summed E-state index contributed by atoms with van der Waals surface area (Å²) < 4.78 is 37.6. The van der Waals surface area contributed by atoms with Gasteiger partial charge in [-0.2, -0.15) is 0 Å². The summed E-state index contributed by atoms with van der Waals surface area (Å²) >= 11 is 0. The molecule has 0 saturated heterocycles. The first-order valence-electron chi connectivity index (χ1n) is 20.8. The van der Waals surface area contributed by atoms with Gasteiger partial charge in [-0.25, -0.2) is 4.79 Å². The summed E-state index contributed by atoms with van der Waals surface area (Å²) in [4.78, 5) is 26.4. The fourth-order valence-electron chi connectivity index (χ4n) is 9.37. The Morgan fingerprint density at radius 3 is 2.59 bits per heavy atom. The van der Waals surface area contributed by atoms with Crippen LogP contribution in [-0.4, -0.2) is 84.1 Å². The molecule has 1 amide bonds. The van der Waals surface area contributed by atoms with Crippen LogP contribution < -0.4 is 18.9 Å². The average molecular weight is 812 g/mol. The molecule has 2 N–H and O–H groups in total. The van der Waals surface area contributed by atoms with Crippen molar-refractivity contribution >= 4 is 11.8 Å². The number of fused-ring (bicyclic) bond motifs is 3. The van der Waals surface area contributed by atoms with E-state index in [0.717, 1.165) is 53.8 Å². The van der Waals surface area contributed by atoms with Gasteiger partial charge in [-0.3, -0.25) is 9.88 Å². The van der Waals surface area contributed by atoms with Crippen molar-refractivity contribution in [1.82, 2.24) is 9.88 Å². The molecule has 59 heavy (non-hydrogen) atoms. The number of carbonyl (C=O) groups is 1. The second-order valence-corrected chi connectivity index (χ2v) is 15.5. The third-order valence-electron chi connectivity index (χ3n) is 11.9. The Bertz CT molecular complexity index is 2000. The first-order valence-corrected chi connectivity index (χ1v) is 20.8. The monoisotopic (exact) mass is 811 g/mol. The van der Waals surface area contributed by atoms with Crippen LogP contribution in [0.4, 0.5) is 4.79 Å². The molecule has 13 heteroatoms. The van der Waals surface area contributed by atoms with Gasteiger partial charge < -0.3 is 43.5 Å². The molecule has 0 radical (unpaired) electrons. The number of ether oxygens (including phenoxy) is 6. The number of nitrogens with zero attached hydrogens (tertiary/aromatic N) is 3. The van der Waals surface area contributed by atoms with Crippen LogP contribution in [0.5, 0.6) is 23.0 Å². The summed E-state index contributed by atoms with van der Waals surface area (Å²) in [7, 11) is 1.37. The summed E-state index contributed by atoms with van der Waals surface area (Å²) in [6.07, 6.45) is 8.33. The Morgan fingerprint density at radius 1 is 1.03 bits per heavy atom. The highest BCUT2D eigenvalue weighted by Crippen LogP contribution is 2.62. The standard InChI is InChI=1S/C46H57N3O10/c1-5-22-57-46-42(49(45(52)53-4)27-31-16-18-40-41(23-31)56-29-55-40)26-38(48-58-6-2)36-24-32(13-7-9-20-50)35(15-8-10-21-51)43(44(36)46)37-25-34(17-19-39(37)59-46)54-28-33-14-11-12-30(3)47-33/h5,11-12,14,16-19,23-25,32,35,42-44,50-51H,1,6-10,13,15,20-22,26-29H2,2-4H3/t32-,35+,42-,43+,44+,46+/m0/s1. The lowest BCUT2D eigenvalue weighted by Crippen LogP contribution is -2.70. The van der Waals surface area contributed by atoms with E-state index in [9.17, 15) is 15.0 Å². The van der Waals surface area contributed by atoms with Gasteiger partial charge in [-0.05, 0) is 105 Å². The molecule has 1 fully saturated rings. The molecule has 7 rings (SSSR count). The summed E-state index contributed by atoms with van der Waals surface area (Å²) in [6.45, 7) is 9.12. The predicted octanol–water partition coefficient (Wildman–Crippen LogP) is 7.62. The normalized spacial score (nSPS) is 24.3. The number of aliphatic hydroxyl groups excluding tert-OH is 2. The minimum absolute atomic E-state index is 0.0598. The van der Waals surface area contributed by atoms with Crippen LogP contribution in [0.1, 0.15) is 80.3 Å². The Morgan fingerprint density at radius 2 is 1.83 bits per heavy atom. The summed E-state index contributed by atoms with van der Waals surface area (Å²) in [5, 5.41) is 24.6. The molecule has 6 atom stereocenters. The number of carbonyl (C=O) groups excluding carboxylic acids is 1. The zero-order chi connectivity index (χ0) is 41.4. The van der Waals surface area contributed by atoms with Gasteiger partial charge >= 0.3 is 6.09 Å². The Kier molecular flexibility index (Phi) is 13.8. The van der Waals surface area contributed by atoms with Crippen LogP contribution in [-0.2, 0) is 27.5 Å². The van der Waals surface area contributed by atoms with Crippen LogP contribution in [0.3, 0.4) is 0 Å². The van der Waals surface area contributed by atoms with Crippen LogP contribution in [0.15, 0.2) is 84.1 Å². The number of allylic oxidation sites excluding steroid dienone is 1. The van der Waals surface area contributed by atoms with Crippen LogP contribution in [0.2, 0.25) is 0 Å². The number of benzene rings is 2. The van der Waals surface area contributed by atoms with Crippen molar-refractivity contribution < 1.29 is 48.3 Å². The third kappa shape index (κ3) is 8.92. The van der Waals surface area contributed by atoms with E-state index >= 15 is 0 Å². The molecular weight excluding hydrogens is 755 g/mol. The van der Waals surface area contributed by atoms with Crippen LogP contribution >= 0.6 is 0 Å². The largest absolute Gasteiger partial charge is 0.487 e. The number of unbranched alkanes of at least 4 members (excludes halogenated alkanes) is 2. The number of amides is 1.